The van der Waals surface area contributed by atoms with Crippen molar-refractivity contribution in [1.82, 2.24) is 4.90 Å². The zero-order chi connectivity index (χ0) is 28.3. The van der Waals surface area contributed by atoms with E-state index in [1.54, 1.807) is 0 Å². The normalized spacial score (nSPS) is 11.3. The molecule has 0 aromatic heterocycles. The zero-order valence-corrected chi connectivity index (χ0v) is 23.6. The zero-order valence-electron chi connectivity index (χ0n) is 23.6. The number of carbonyl (C=O) groups is 3. The summed E-state index contributed by atoms with van der Waals surface area (Å²) in [7, 11) is 0. The van der Waals surface area contributed by atoms with E-state index in [4.69, 9.17) is 10.2 Å². The number of hydrogen-bond donors (Lipinski definition) is 3. The van der Waals surface area contributed by atoms with Gasteiger partial charge in [0.1, 0.15) is 0 Å². The minimum Gasteiger partial charge on any atom is -0.480 e. The van der Waals surface area contributed by atoms with E-state index in [-0.39, 0.29) is 0 Å². The van der Waals surface area contributed by atoms with Gasteiger partial charge in [-0.25, -0.2) is 4.79 Å². The fraction of sp³-hybridized carbons (Fsp3) is 0.774. The second-order valence-electron chi connectivity index (χ2n) is 10.1. The average Bonchev–Trinajstić information content (AvgIpc) is 2.85. The first-order valence-electron chi connectivity index (χ1n) is 14.8. The average molecular weight is 534 g/mol. The second kappa shape index (κ2) is 26.1. The lowest BCUT2D eigenvalue weighted by molar-refractivity contribution is -0.147. The van der Waals surface area contributed by atoms with Crippen LogP contribution in [0.4, 0.5) is 0 Å². The van der Waals surface area contributed by atoms with Crippen LogP contribution in [0.25, 0.3) is 0 Å². The molecule has 3 N–H and O–H groups in total. The van der Waals surface area contributed by atoms with Crippen molar-refractivity contribution in [3.8, 4) is 23.7 Å². The Hall–Kier alpha value is -2.51. The highest BCUT2D eigenvalue weighted by molar-refractivity contribution is 5.81. The Balaban J connectivity index is 3.74. The summed E-state index contributed by atoms with van der Waals surface area (Å²) in [6.45, 7) is 0.805. The van der Waals surface area contributed by atoms with E-state index in [0.717, 1.165) is 17.7 Å². The smallest absolute Gasteiger partial charge is 0.333 e. The first-order valence-corrected chi connectivity index (χ1v) is 14.8. The third-order valence-corrected chi connectivity index (χ3v) is 6.54. The predicted octanol–water partition coefficient (Wildman–Crippen LogP) is 6.74. The minimum absolute atomic E-state index is 0.666. The molecule has 0 aliphatic rings. The predicted molar refractivity (Wildman–Crippen MR) is 152 cm³/mol. The first-order chi connectivity index (χ1) is 18.4. The Bertz CT molecular complexity index is 742. The molecule has 0 rings (SSSR count). The molecule has 0 aromatic rings. The molecule has 0 spiro atoms. The number of carboxylic acids is 3. The van der Waals surface area contributed by atoms with Gasteiger partial charge in [0, 0.05) is 6.42 Å². The summed E-state index contributed by atoms with van der Waals surface area (Å²) in [6, 6.07) is -1.54. The number of rotatable bonds is 25. The van der Waals surface area contributed by atoms with Gasteiger partial charge in [-0.2, -0.15) is 0 Å². The van der Waals surface area contributed by atoms with E-state index in [0.29, 0.717) is 6.42 Å². The molecule has 216 valence electrons. The molecule has 0 saturated carbocycles. The van der Waals surface area contributed by atoms with Gasteiger partial charge in [-0.1, -0.05) is 134 Å². The quantitative estimate of drug-likeness (QED) is 0.0879. The van der Waals surface area contributed by atoms with Crippen LogP contribution in [0.5, 0.6) is 0 Å². The molecule has 1 unspecified atom stereocenters. The lowest BCUT2D eigenvalue weighted by Crippen LogP contribution is -2.45. The van der Waals surface area contributed by atoms with Crippen molar-refractivity contribution < 1.29 is 29.7 Å². The highest BCUT2D eigenvalue weighted by atomic mass is 16.4. The lowest BCUT2D eigenvalue weighted by atomic mass is 10.0. The topological polar surface area (TPSA) is 115 Å². The van der Waals surface area contributed by atoms with Gasteiger partial charge in [0.05, 0.1) is 13.1 Å². The minimum atomic E-state index is -1.54. The molecule has 7 heteroatoms. The Labute approximate surface area is 230 Å². The highest BCUT2D eigenvalue weighted by Gasteiger charge is 2.27. The van der Waals surface area contributed by atoms with Crippen molar-refractivity contribution in [2.45, 2.75) is 141 Å². The van der Waals surface area contributed by atoms with Crippen LogP contribution in [-0.2, 0) is 14.4 Å². The molecule has 0 heterocycles. The summed E-state index contributed by atoms with van der Waals surface area (Å²) < 4.78 is 0. The van der Waals surface area contributed by atoms with Crippen molar-refractivity contribution in [3.05, 3.63) is 0 Å². The Morgan fingerprint density at radius 2 is 0.947 bits per heavy atom. The number of unbranched alkanes of at least 4 members (excludes halogenated alkanes) is 19. The molecule has 0 aliphatic carbocycles. The number of carboxylic acid groups (broad SMARTS) is 3. The monoisotopic (exact) mass is 533 g/mol. The van der Waals surface area contributed by atoms with Crippen molar-refractivity contribution in [3.63, 3.8) is 0 Å². The Morgan fingerprint density at radius 3 is 1.29 bits per heavy atom. The van der Waals surface area contributed by atoms with Crippen molar-refractivity contribution >= 4 is 17.9 Å². The summed E-state index contributed by atoms with van der Waals surface area (Å²) >= 11 is 0. The second-order valence-corrected chi connectivity index (χ2v) is 10.1. The largest absolute Gasteiger partial charge is 0.480 e. The molecule has 0 radical (unpaired) electrons. The van der Waals surface area contributed by atoms with Gasteiger partial charge < -0.3 is 15.3 Å². The van der Waals surface area contributed by atoms with E-state index in [9.17, 15) is 19.5 Å². The van der Waals surface area contributed by atoms with Gasteiger partial charge in [0.25, 0.3) is 0 Å². The van der Waals surface area contributed by atoms with Gasteiger partial charge >= 0.3 is 17.9 Å². The summed E-state index contributed by atoms with van der Waals surface area (Å²) in [5, 5.41) is 27.0. The lowest BCUT2D eigenvalue weighted by Gasteiger charge is -2.21. The van der Waals surface area contributed by atoms with E-state index in [1.165, 1.54) is 109 Å². The number of aliphatic carboxylic acids is 3. The third kappa shape index (κ3) is 23.9. The van der Waals surface area contributed by atoms with Crippen LogP contribution in [0.1, 0.15) is 135 Å². The van der Waals surface area contributed by atoms with Gasteiger partial charge in [-0.05, 0) is 18.3 Å². The molecule has 0 saturated heterocycles. The molecule has 7 nitrogen and oxygen atoms in total. The molecule has 0 fully saturated rings. The summed E-state index contributed by atoms with van der Waals surface area (Å²) in [5.74, 6) is 6.24. The summed E-state index contributed by atoms with van der Waals surface area (Å²) in [6.07, 6.45) is 25.9. The third-order valence-electron chi connectivity index (χ3n) is 6.54. The standard InChI is InChI=1S/C31H51NO6/c1-2-3-4-5-6-7-8-9-10-11-12-13-14-15-16-17-18-19-20-21-22-23-24-25-28(31(37)38)32(26-29(33)34)27-30(35)36/h28H,2-21,26-27H2,1H3,(H,33,34)(H,35,36)(H,37,38). The Kier molecular flexibility index (Phi) is 24.4. The molecule has 0 aliphatic heterocycles. The molecule has 1 atom stereocenters. The van der Waals surface area contributed by atoms with Crippen LogP contribution in [0.3, 0.4) is 0 Å². The van der Waals surface area contributed by atoms with Gasteiger partial charge in [-0.15, -0.1) is 0 Å². The molecule has 0 bridgehead atoms. The highest BCUT2D eigenvalue weighted by Crippen LogP contribution is 2.14. The molecule has 0 amide bonds. The van der Waals surface area contributed by atoms with Crippen molar-refractivity contribution in [2.24, 2.45) is 0 Å². The van der Waals surface area contributed by atoms with Crippen LogP contribution in [0, 0.1) is 23.7 Å². The van der Waals surface area contributed by atoms with Gasteiger partial charge in [0.15, 0.2) is 6.04 Å². The van der Waals surface area contributed by atoms with Crippen LogP contribution >= 0.6 is 0 Å². The van der Waals surface area contributed by atoms with Crippen LogP contribution in [0.15, 0.2) is 0 Å². The van der Waals surface area contributed by atoms with Gasteiger partial charge in [0.2, 0.25) is 0 Å². The molecule has 38 heavy (non-hydrogen) atoms. The number of hydrogen-bond acceptors (Lipinski definition) is 4. The van der Waals surface area contributed by atoms with E-state index in [1.807, 2.05) is 0 Å². The molecular formula is C31H51NO6. The van der Waals surface area contributed by atoms with Crippen molar-refractivity contribution in [2.75, 3.05) is 13.1 Å². The van der Waals surface area contributed by atoms with Crippen LogP contribution < -0.4 is 0 Å². The van der Waals surface area contributed by atoms with Crippen molar-refractivity contribution in [1.29, 1.82) is 0 Å². The maximum absolute atomic E-state index is 11.4. The fourth-order valence-corrected chi connectivity index (χ4v) is 4.40. The molecule has 0 aromatic carbocycles. The maximum Gasteiger partial charge on any atom is 0.333 e. The summed E-state index contributed by atoms with van der Waals surface area (Å²) in [5.41, 5.74) is 0. The van der Waals surface area contributed by atoms with Crippen LogP contribution in [-0.4, -0.2) is 57.3 Å². The van der Waals surface area contributed by atoms with E-state index >= 15 is 0 Å². The summed E-state index contributed by atoms with van der Waals surface area (Å²) in [4.78, 5) is 33.9. The van der Waals surface area contributed by atoms with Gasteiger partial charge in [-0.3, -0.25) is 14.5 Å². The Morgan fingerprint density at radius 1 is 0.579 bits per heavy atom. The molecular weight excluding hydrogens is 482 g/mol. The number of nitrogens with zero attached hydrogens (tertiary/aromatic N) is 1. The fourth-order valence-electron chi connectivity index (χ4n) is 4.40. The van der Waals surface area contributed by atoms with E-state index in [2.05, 4.69) is 30.6 Å². The first kappa shape index (κ1) is 35.5. The van der Waals surface area contributed by atoms with E-state index < -0.39 is 37.0 Å². The SMILES string of the molecule is CCCCCCCCCCCCCCCCCCCCCC#CC#CC(C(=O)O)N(CC(=O)O)CC(=O)O. The maximum atomic E-state index is 11.4. The van der Waals surface area contributed by atoms with Crippen LogP contribution in [0.2, 0.25) is 0 Å².